The Kier molecular flexibility index (Phi) is 6.65. The third kappa shape index (κ3) is 4.38. The maximum atomic E-state index is 13.4. The highest BCUT2D eigenvalue weighted by atomic mass is 35.5. The van der Waals surface area contributed by atoms with Crippen molar-refractivity contribution < 1.29 is 26.2 Å². The highest BCUT2D eigenvalue weighted by Gasteiger charge is 2.29. The minimum absolute atomic E-state index is 0. The third-order valence-electron chi connectivity index (χ3n) is 5.91. The summed E-state index contributed by atoms with van der Waals surface area (Å²) in [5, 5.41) is 9.66. The van der Waals surface area contributed by atoms with Crippen LogP contribution in [0.5, 0.6) is 5.75 Å². The molecular weight excluding hydrogens is 457 g/mol. The molecule has 34 heavy (non-hydrogen) atoms. The van der Waals surface area contributed by atoms with Crippen LogP contribution in [-0.2, 0) is 6.42 Å². The molecule has 3 N–H and O–H groups in total. The molecule has 2 aromatic heterocycles. The Morgan fingerprint density at radius 2 is 1.94 bits per heavy atom. The number of rotatable bonds is 6. The zero-order valence-corrected chi connectivity index (χ0v) is 19.8. The Balaban J connectivity index is 0.00000274. The number of aryl methyl sites for hydroxylation is 1. The summed E-state index contributed by atoms with van der Waals surface area (Å²) in [6.45, 7) is 1.89. The molecule has 0 unspecified atom stereocenters. The van der Waals surface area contributed by atoms with Crippen LogP contribution < -0.4 is 32.5 Å². The van der Waals surface area contributed by atoms with Crippen molar-refractivity contribution >= 4 is 17.5 Å². The van der Waals surface area contributed by atoms with E-state index in [1.165, 1.54) is 12.1 Å². The second kappa shape index (κ2) is 9.64. The molecule has 2 heterocycles. The number of benzene rings is 2. The average molecular weight is 482 g/mol. The van der Waals surface area contributed by atoms with Crippen LogP contribution >= 0.6 is 0 Å². The van der Waals surface area contributed by atoms with Crippen LogP contribution in [0.2, 0.25) is 0 Å². The van der Waals surface area contributed by atoms with E-state index in [0.29, 0.717) is 11.7 Å². The number of aromatic amines is 1. The van der Waals surface area contributed by atoms with Crippen LogP contribution in [0.15, 0.2) is 48.8 Å². The van der Waals surface area contributed by atoms with Gasteiger partial charge in [-0.05, 0) is 47.7 Å². The lowest BCUT2D eigenvalue weighted by Gasteiger charge is -2.15. The fourth-order valence-corrected chi connectivity index (χ4v) is 4.33. The molecule has 8 nitrogen and oxygen atoms in total. The Morgan fingerprint density at radius 3 is 2.62 bits per heavy atom. The molecule has 176 valence electrons. The normalized spacial score (nSPS) is 14.3. The molecule has 0 fully saturated rings. The van der Waals surface area contributed by atoms with Crippen LogP contribution in [0.25, 0.3) is 5.69 Å². The van der Waals surface area contributed by atoms with Crippen LogP contribution in [-0.4, -0.2) is 34.2 Å². The molecule has 0 saturated carbocycles. The van der Waals surface area contributed by atoms with Gasteiger partial charge < -0.3 is 27.8 Å². The number of ether oxygens (including phenoxy) is 1. The molecule has 0 aliphatic heterocycles. The standard InChI is InChI=1S/C24H24FN7O.ClH/c1-14-27-13-32(31-14)20-11-8-17(12-21(20)33-3)28-24-29-22-18(15-4-6-16(25)7-5-15)9-10-19(22)23(26-2)30-24;/h4-8,11-13,18H,9-10H2,1-3H3,(H2,26,28,29,30);1H/t18-;/m0./s1. The number of methoxy groups -OCH3 is 1. The van der Waals surface area contributed by atoms with E-state index >= 15 is 0 Å². The number of nitrogens with one attached hydrogen (secondary N) is 3. The number of anilines is 3. The quantitative estimate of drug-likeness (QED) is 0.353. The van der Waals surface area contributed by atoms with Crippen LogP contribution in [0.1, 0.15) is 35.0 Å². The van der Waals surface area contributed by atoms with Gasteiger partial charge in [0, 0.05) is 37.2 Å². The predicted molar refractivity (Wildman–Crippen MR) is 123 cm³/mol. The van der Waals surface area contributed by atoms with Crippen LogP contribution in [0.3, 0.4) is 0 Å². The maximum Gasteiger partial charge on any atom is 0.312 e. The lowest BCUT2D eigenvalue weighted by atomic mass is 9.97. The minimum atomic E-state index is -0.237. The van der Waals surface area contributed by atoms with Gasteiger partial charge in [0.2, 0.25) is 11.8 Å². The molecular formula is C24H25ClFN7O. The summed E-state index contributed by atoms with van der Waals surface area (Å²) in [6, 6.07) is 12.4. The van der Waals surface area contributed by atoms with Gasteiger partial charge in [-0.1, -0.05) is 12.1 Å². The SMILES string of the molecule is CNc1nc(Nc2ccc(-[n+]3cnc(C)[nH]3)c(OC)c2)nc2c1CC[C@H]2c1ccc(F)cc1.[Cl-]. The van der Waals surface area contributed by atoms with Gasteiger partial charge in [-0.25, -0.2) is 9.37 Å². The molecule has 4 aromatic rings. The van der Waals surface area contributed by atoms with Gasteiger partial charge >= 0.3 is 6.33 Å². The lowest BCUT2D eigenvalue weighted by molar-refractivity contribution is -0.657. The number of halogens is 2. The van der Waals surface area contributed by atoms with Gasteiger partial charge in [0.25, 0.3) is 0 Å². The van der Waals surface area contributed by atoms with Crippen molar-refractivity contribution in [3.05, 3.63) is 77.3 Å². The van der Waals surface area contributed by atoms with Crippen molar-refractivity contribution in [1.82, 2.24) is 20.1 Å². The number of aromatic nitrogens is 5. The summed E-state index contributed by atoms with van der Waals surface area (Å²) in [5.41, 5.74) is 4.77. The largest absolute Gasteiger partial charge is 1.00 e. The zero-order chi connectivity index (χ0) is 22.9. The monoisotopic (exact) mass is 481 g/mol. The van der Waals surface area contributed by atoms with E-state index in [4.69, 9.17) is 9.72 Å². The second-order valence-electron chi connectivity index (χ2n) is 7.98. The zero-order valence-electron chi connectivity index (χ0n) is 19.1. The number of nitrogens with zero attached hydrogens (tertiary/aromatic N) is 4. The van der Waals surface area contributed by atoms with Crippen molar-refractivity contribution in [2.24, 2.45) is 0 Å². The number of H-pyrrole nitrogens is 1. The average Bonchev–Trinajstić information content (AvgIpc) is 3.45. The lowest BCUT2D eigenvalue weighted by Crippen LogP contribution is -3.00. The van der Waals surface area contributed by atoms with E-state index in [9.17, 15) is 4.39 Å². The first-order valence-corrected chi connectivity index (χ1v) is 10.8. The Hall–Kier alpha value is -3.72. The Bertz CT molecular complexity index is 1310. The number of hydrogen-bond donors (Lipinski definition) is 3. The third-order valence-corrected chi connectivity index (χ3v) is 5.91. The van der Waals surface area contributed by atoms with Gasteiger partial charge in [0.05, 0.1) is 12.8 Å². The summed E-state index contributed by atoms with van der Waals surface area (Å²) >= 11 is 0. The van der Waals surface area contributed by atoms with E-state index in [1.54, 1.807) is 18.1 Å². The molecule has 1 aliphatic rings. The Labute approximate surface area is 203 Å². The van der Waals surface area contributed by atoms with Gasteiger partial charge in [-0.15, -0.1) is 4.68 Å². The predicted octanol–water partition coefficient (Wildman–Crippen LogP) is 0.800. The molecule has 1 aliphatic carbocycles. The van der Waals surface area contributed by atoms with Crippen molar-refractivity contribution in [2.75, 3.05) is 24.8 Å². The highest BCUT2D eigenvalue weighted by Crippen LogP contribution is 2.40. The van der Waals surface area contributed by atoms with E-state index in [-0.39, 0.29) is 24.1 Å². The van der Waals surface area contributed by atoms with Gasteiger partial charge in [0.1, 0.15) is 11.6 Å². The van der Waals surface area contributed by atoms with E-state index in [0.717, 1.165) is 52.7 Å². The van der Waals surface area contributed by atoms with E-state index < -0.39 is 0 Å². The smallest absolute Gasteiger partial charge is 0.312 e. The fraction of sp³-hybridized carbons (Fsp3) is 0.250. The van der Waals surface area contributed by atoms with Crippen molar-refractivity contribution in [1.29, 1.82) is 0 Å². The summed E-state index contributed by atoms with van der Waals surface area (Å²) < 4.78 is 20.8. The molecule has 0 saturated heterocycles. The molecule has 0 radical (unpaired) electrons. The topological polar surface area (TPSA) is 91.6 Å². The van der Waals surface area contributed by atoms with E-state index in [2.05, 4.69) is 25.7 Å². The molecule has 5 rings (SSSR count). The summed E-state index contributed by atoms with van der Waals surface area (Å²) in [4.78, 5) is 13.8. The first kappa shape index (κ1) is 23.4. The molecule has 10 heteroatoms. The highest BCUT2D eigenvalue weighted by molar-refractivity contribution is 5.63. The first-order chi connectivity index (χ1) is 16.1. The molecule has 0 bridgehead atoms. The van der Waals surface area contributed by atoms with Crippen LogP contribution in [0, 0.1) is 12.7 Å². The maximum absolute atomic E-state index is 13.4. The number of hydrogen-bond acceptors (Lipinski definition) is 6. The minimum Gasteiger partial charge on any atom is -1.00 e. The number of fused-ring (bicyclic) bond motifs is 1. The molecule has 2 aromatic carbocycles. The fourth-order valence-electron chi connectivity index (χ4n) is 4.33. The molecule has 0 spiro atoms. The second-order valence-corrected chi connectivity index (χ2v) is 7.98. The van der Waals surface area contributed by atoms with Crippen molar-refractivity contribution in [2.45, 2.75) is 25.7 Å². The van der Waals surface area contributed by atoms with Gasteiger partial charge in [-0.3, -0.25) is 0 Å². The summed E-state index contributed by atoms with van der Waals surface area (Å²) in [6.07, 6.45) is 3.49. The van der Waals surface area contributed by atoms with Gasteiger partial charge in [-0.2, -0.15) is 10.1 Å². The van der Waals surface area contributed by atoms with Crippen molar-refractivity contribution in [3.63, 3.8) is 0 Å². The molecule has 0 amide bonds. The first-order valence-electron chi connectivity index (χ1n) is 10.8. The van der Waals surface area contributed by atoms with E-state index in [1.807, 2.05) is 44.3 Å². The summed E-state index contributed by atoms with van der Waals surface area (Å²) in [7, 11) is 3.49. The van der Waals surface area contributed by atoms with Crippen LogP contribution in [0.4, 0.5) is 21.8 Å². The van der Waals surface area contributed by atoms with Gasteiger partial charge in [0.15, 0.2) is 11.4 Å². The Morgan fingerprint density at radius 1 is 1.15 bits per heavy atom. The molecule has 1 atom stereocenters. The van der Waals surface area contributed by atoms with Crippen molar-refractivity contribution in [3.8, 4) is 11.4 Å². The summed E-state index contributed by atoms with van der Waals surface area (Å²) in [5.74, 6) is 2.65.